The number of hydrogen-bond acceptors (Lipinski definition) is 3. The first-order valence-electron chi connectivity index (χ1n) is 6.49. The Morgan fingerprint density at radius 3 is 2.43 bits per heavy atom. The van der Waals surface area contributed by atoms with Crippen molar-refractivity contribution in [2.24, 2.45) is 16.8 Å². The molecule has 0 aromatic heterocycles. The largest absolute Gasteiger partial charge is 0.393 e. The fraction of sp³-hybridized carbons (Fsp3) is 0.429. The van der Waals surface area contributed by atoms with Crippen molar-refractivity contribution in [3.63, 3.8) is 0 Å². The Morgan fingerprint density at radius 1 is 1.33 bits per heavy atom. The average Bonchev–Trinajstić information content (AvgIpc) is 2.33. The highest BCUT2D eigenvalue weighted by atomic mass is 35.5. The number of urea groups is 1. The molecule has 0 saturated heterocycles. The Bertz CT molecular complexity index is 483. The van der Waals surface area contributed by atoms with Gasteiger partial charge >= 0.3 is 6.03 Å². The van der Waals surface area contributed by atoms with Gasteiger partial charge in [-0.1, -0.05) is 32.0 Å². The number of anilines is 1. The summed E-state index contributed by atoms with van der Waals surface area (Å²) in [6, 6.07) is 5.33. The molecule has 2 amide bonds. The number of nitrogens with zero attached hydrogens (tertiary/aromatic N) is 1. The van der Waals surface area contributed by atoms with Crippen LogP contribution in [0, 0.1) is 19.8 Å². The SMILES string of the molecule is Cc1cccc(C)c1NC(=O)N/C(N)=N/OCC(C)C.Cl. The van der Waals surface area contributed by atoms with Crippen molar-refractivity contribution in [3.8, 4) is 0 Å². The van der Waals surface area contributed by atoms with Gasteiger partial charge in [0.05, 0.1) is 0 Å². The lowest BCUT2D eigenvalue weighted by Gasteiger charge is -2.12. The molecule has 6 nitrogen and oxygen atoms in total. The summed E-state index contributed by atoms with van der Waals surface area (Å²) in [6.07, 6.45) is 0. The molecule has 4 N–H and O–H groups in total. The van der Waals surface area contributed by atoms with Crippen LogP contribution >= 0.6 is 12.4 Å². The van der Waals surface area contributed by atoms with E-state index in [1.165, 1.54) is 0 Å². The monoisotopic (exact) mass is 314 g/mol. The molecule has 7 heteroatoms. The number of rotatable bonds is 4. The molecule has 0 heterocycles. The fourth-order valence-corrected chi connectivity index (χ4v) is 1.55. The van der Waals surface area contributed by atoms with Crippen molar-refractivity contribution in [2.45, 2.75) is 27.7 Å². The lowest BCUT2D eigenvalue weighted by atomic mass is 10.1. The van der Waals surface area contributed by atoms with Crippen LogP contribution in [0.25, 0.3) is 0 Å². The molecule has 21 heavy (non-hydrogen) atoms. The quantitative estimate of drug-likeness (QED) is 0.453. The van der Waals surface area contributed by atoms with E-state index < -0.39 is 6.03 Å². The number of hydrogen-bond donors (Lipinski definition) is 3. The van der Waals surface area contributed by atoms with Crippen LogP contribution in [0.3, 0.4) is 0 Å². The lowest BCUT2D eigenvalue weighted by Crippen LogP contribution is -2.40. The Hall–Kier alpha value is -1.95. The Morgan fingerprint density at radius 2 is 1.90 bits per heavy atom. The van der Waals surface area contributed by atoms with Gasteiger partial charge in [-0.15, -0.1) is 12.4 Å². The van der Waals surface area contributed by atoms with Crippen LogP contribution in [-0.2, 0) is 4.84 Å². The van der Waals surface area contributed by atoms with E-state index in [0.717, 1.165) is 16.8 Å². The van der Waals surface area contributed by atoms with Crippen molar-refractivity contribution < 1.29 is 9.63 Å². The maximum Gasteiger partial charge on any atom is 0.326 e. The smallest absolute Gasteiger partial charge is 0.326 e. The van der Waals surface area contributed by atoms with E-state index in [2.05, 4.69) is 15.8 Å². The highest BCUT2D eigenvalue weighted by Gasteiger charge is 2.08. The number of benzene rings is 1. The highest BCUT2D eigenvalue weighted by molar-refractivity contribution is 6.02. The number of halogens is 1. The minimum Gasteiger partial charge on any atom is -0.393 e. The Kier molecular flexibility index (Phi) is 8.23. The zero-order valence-electron chi connectivity index (χ0n) is 12.8. The molecule has 0 saturated carbocycles. The van der Waals surface area contributed by atoms with Crippen LogP contribution in [0.2, 0.25) is 0 Å². The van der Waals surface area contributed by atoms with Gasteiger partial charge < -0.3 is 15.9 Å². The zero-order valence-corrected chi connectivity index (χ0v) is 13.6. The predicted molar refractivity (Wildman–Crippen MR) is 87.7 cm³/mol. The van der Waals surface area contributed by atoms with Crippen molar-refractivity contribution in [1.29, 1.82) is 0 Å². The van der Waals surface area contributed by atoms with E-state index in [4.69, 9.17) is 10.6 Å². The first kappa shape index (κ1) is 19.1. The number of nitrogens with two attached hydrogens (primary N) is 1. The molecule has 1 aromatic carbocycles. The predicted octanol–water partition coefficient (Wildman–Crippen LogP) is 2.75. The molecule has 1 rings (SSSR count). The topological polar surface area (TPSA) is 88.7 Å². The third-order valence-electron chi connectivity index (χ3n) is 2.53. The van der Waals surface area contributed by atoms with Crippen molar-refractivity contribution in [1.82, 2.24) is 5.32 Å². The Labute approximate surface area is 131 Å². The summed E-state index contributed by atoms with van der Waals surface area (Å²) >= 11 is 0. The van der Waals surface area contributed by atoms with Gasteiger partial charge in [0.25, 0.3) is 0 Å². The number of para-hydroxylation sites is 1. The number of carbonyl (C=O) groups excluding carboxylic acids is 1. The van der Waals surface area contributed by atoms with Crippen molar-refractivity contribution in [2.75, 3.05) is 11.9 Å². The fourth-order valence-electron chi connectivity index (χ4n) is 1.55. The van der Waals surface area contributed by atoms with Crippen LogP contribution in [0.5, 0.6) is 0 Å². The molecule has 0 aliphatic rings. The molecule has 0 aliphatic carbocycles. The summed E-state index contributed by atoms with van der Waals surface area (Å²) in [5.74, 6) is 0.268. The minimum absolute atomic E-state index is 0. The molecule has 118 valence electrons. The number of nitrogens with one attached hydrogen (secondary N) is 2. The molecule has 0 unspecified atom stereocenters. The summed E-state index contributed by atoms with van der Waals surface area (Å²) in [7, 11) is 0. The number of aryl methyl sites for hydroxylation is 2. The molecule has 0 radical (unpaired) electrons. The summed E-state index contributed by atoms with van der Waals surface area (Å²) in [5, 5.41) is 8.76. The lowest BCUT2D eigenvalue weighted by molar-refractivity contribution is 0.117. The molecule has 0 fully saturated rings. The number of guanidine groups is 1. The van der Waals surface area contributed by atoms with E-state index in [9.17, 15) is 4.79 Å². The molecular formula is C14H23ClN4O2. The van der Waals surface area contributed by atoms with Gasteiger partial charge in [0.1, 0.15) is 6.61 Å². The van der Waals surface area contributed by atoms with Crippen molar-refractivity contribution in [3.05, 3.63) is 29.3 Å². The molecule has 0 spiro atoms. The maximum atomic E-state index is 11.8. The summed E-state index contributed by atoms with van der Waals surface area (Å²) < 4.78 is 0. The van der Waals surface area contributed by atoms with Gasteiger partial charge in [-0.3, -0.25) is 5.32 Å². The van der Waals surface area contributed by atoms with E-state index in [1.807, 2.05) is 45.9 Å². The molecule has 0 bridgehead atoms. The van der Waals surface area contributed by atoms with E-state index >= 15 is 0 Å². The summed E-state index contributed by atoms with van der Waals surface area (Å²) in [6.45, 7) is 8.28. The first-order chi connectivity index (χ1) is 9.40. The zero-order chi connectivity index (χ0) is 15.1. The van der Waals surface area contributed by atoms with E-state index in [1.54, 1.807) is 0 Å². The third-order valence-corrected chi connectivity index (χ3v) is 2.53. The van der Waals surface area contributed by atoms with Crippen LogP contribution in [0.1, 0.15) is 25.0 Å². The van der Waals surface area contributed by atoms with Crippen LogP contribution in [-0.4, -0.2) is 18.6 Å². The third kappa shape index (κ3) is 6.85. The maximum absolute atomic E-state index is 11.8. The molecule has 0 aliphatic heterocycles. The van der Waals surface area contributed by atoms with Crippen LogP contribution < -0.4 is 16.4 Å². The van der Waals surface area contributed by atoms with Gasteiger partial charge in [-0.2, -0.15) is 0 Å². The summed E-state index contributed by atoms with van der Waals surface area (Å²) in [5.41, 5.74) is 8.27. The Balaban J connectivity index is 0.00000400. The minimum atomic E-state index is -0.447. The standard InChI is InChI=1S/C14H22N4O2.ClH/c1-9(2)8-20-18-13(15)17-14(19)16-12-10(3)6-5-7-11(12)4;/h5-7,9H,8H2,1-4H3,(H4,15,16,17,18,19);1H. The second-order valence-electron chi connectivity index (χ2n) is 5.01. The normalized spacial score (nSPS) is 10.8. The highest BCUT2D eigenvalue weighted by Crippen LogP contribution is 2.18. The molecular weight excluding hydrogens is 292 g/mol. The van der Waals surface area contributed by atoms with Gasteiger partial charge in [-0.25, -0.2) is 4.79 Å². The second kappa shape index (κ2) is 9.07. The van der Waals surface area contributed by atoms with Gasteiger partial charge in [0.2, 0.25) is 5.96 Å². The van der Waals surface area contributed by atoms with Gasteiger partial charge in [-0.05, 0) is 36.0 Å². The summed E-state index contributed by atoms with van der Waals surface area (Å²) in [4.78, 5) is 16.8. The van der Waals surface area contributed by atoms with Gasteiger partial charge in [0.15, 0.2) is 0 Å². The number of oxime groups is 1. The average molecular weight is 315 g/mol. The van der Waals surface area contributed by atoms with E-state index in [-0.39, 0.29) is 18.4 Å². The first-order valence-corrected chi connectivity index (χ1v) is 6.49. The molecule has 1 aromatic rings. The van der Waals surface area contributed by atoms with E-state index in [0.29, 0.717) is 12.5 Å². The van der Waals surface area contributed by atoms with Crippen LogP contribution in [0.4, 0.5) is 10.5 Å². The number of carbonyl (C=O) groups is 1. The second-order valence-corrected chi connectivity index (χ2v) is 5.01. The van der Waals surface area contributed by atoms with Gasteiger partial charge in [0, 0.05) is 5.69 Å². The van der Waals surface area contributed by atoms with Crippen LogP contribution in [0.15, 0.2) is 23.4 Å². The number of amides is 2. The van der Waals surface area contributed by atoms with Crippen molar-refractivity contribution >= 4 is 30.1 Å². The molecule has 0 atom stereocenters.